The van der Waals surface area contributed by atoms with Gasteiger partial charge in [0.2, 0.25) is 5.91 Å². The highest BCUT2D eigenvalue weighted by Gasteiger charge is 2.36. The maximum atomic E-state index is 12.9. The lowest BCUT2D eigenvalue weighted by Gasteiger charge is -2.13. The number of halogens is 1. The summed E-state index contributed by atoms with van der Waals surface area (Å²) in [5.74, 6) is 0.0973. The molecular formula is C28H25ClN2O5S. The molecule has 3 amide bonds. The average molecular weight is 537 g/mol. The summed E-state index contributed by atoms with van der Waals surface area (Å²) in [4.78, 5) is 38.9. The number of hydrogen-bond donors (Lipinski definition) is 1. The molecule has 1 fully saturated rings. The quantitative estimate of drug-likeness (QED) is 0.323. The van der Waals surface area contributed by atoms with Gasteiger partial charge in [0.25, 0.3) is 11.1 Å². The number of thioether (sulfide) groups is 1. The summed E-state index contributed by atoms with van der Waals surface area (Å²) in [5, 5.41) is 2.86. The zero-order valence-corrected chi connectivity index (χ0v) is 21.9. The van der Waals surface area contributed by atoms with Crippen molar-refractivity contribution in [3.05, 3.63) is 93.3 Å². The Morgan fingerprint density at radius 3 is 2.43 bits per heavy atom. The zero-order valence-electron chi connectivity index (χ0n) is 20.3. The van der Waals surface area contributed by atoms with Crippen LogP contribution >= 0.6 is 23.4 Å². The molecule has 190 valence electrons. The van der Waals surface area contributed by atoms with Crippen molar-refractivity contribution in [2.24, 2.45) is 0 Å². The third kappa shape index (κ3) is 6.93. The van der Waals surface area contributed by atoms with Gasteiger partial charge in [-0.15, -0.1) is 0 Å². The number of benzene rings is 3. The molecule has 37 heavy (non-hydrogen) atoms. The van der Waals surface area contributed by atoms with E-state index >= 15 is 0 Å². The molecule has 0 bridgehead atoms. The Balaban J connectivity index is 1.44. The van der Waals surface area contributed by atoms with Crippen LogP contribution in [0.25, 0.3) is 6.08 Å². The van der Waals surface area contributed by atoms with Gasteiger partial charge in [-0.25, -0.2) is 0 Å². The van der Waals surface area contributed by atoms with E-state index in [-0.39, 0.29) is 11.4 Å². The highest BCUT2D eigenvalue weighted by molar-refractivity contribution is 8.18. The second-order valence-corrected chi connectivity index (χ2v) is 9.67. The minimum Gasteiger partial charge on any atom is -0.490 e. The Morgan fingerprint density at radius 1 is 1.00 bits per heavy atom. The van der Waals surface area contributed by atoms with E-state index in [4.69, 9.17) is 21.1 Å². The molecule has 3 aromatic carbocycles. The lowest BCUT2D eigenvalue weighted by atomic mass is 10.1. The van der Waals surface area contributed by atoms with Crippen molar-refractivity contribution in [3.8, 4) is 11.5 Å². The molecule has 1 aliphatic rings. The Morgan fingerprint density at radius 2 is 1.73 bits per heavy atom. The molecule has 0 aromatic heterocycles. The molecule has 1 heterocycles. The molecule has 1 N–H and O–H groups in total. The van der Waals surface area contributed by atoms with Crippen LogP contribution in [0.5, 0.6) is 11.5 Å². The van der Waals surface area contributed by atoms with Crippen LogP contribution in [0.2, 0.25) is 5.02 Å². The molecule has 0 unspecified atom stereocenters. The molecule has 9 heteroatoms. The van der Waals surface area contributed by atoms with Gasteiger partial charge in [-0.2, -0.15) is 0 Å². The van der Waals surface area contributed by atoms with Crippen LogP contribution in [-0.2, 0) is 16.2 Å². The van der Waals surface area contributed by atoms with Gasteiger partial charge in [-0.05, 0) is 79.2 Å². The molecule has 0 saturated carbocycles. The summed E-state index contributed by atoms with van der Waals surface area (Å²) in [5.41, 5.74) is 3.27. The van der Waals surface area contributed by atoms with Crippen LogP contribution in [-0.4, -0.2) is 35.1 Å². The molecule has 0 spiro atoms. The van der Waals surface area contributed by atoms with Crippen LogP contribution in [0.4, 0.5) is 10.5 Å². The summed E-state index contributed by atoms with van der Waals surface area (Å²) in [7, 11) is 0. The van der Waals surface area contributed by atoms with Crippen molar-refractivity contribution < 1.29 is 23.9 Å². The van der Waals surface area contributed by atoms with Crippen molar-refractivity contribution in [2.45, 2.75) is 20.5 Å². The number of nitrogens with one attached hydrogen (secondary N) is 1. The summed E-state index contributed by atoms with van der Waals surface area (Å²) in [6, 6.07) is 19.9. The normalized spacial score (nSPS) is 14.2. The van der Waals surface area contributed by atoms with Crippen LogP contribution in [0.1, 0.15) is 23.6 Å². The second-order valence-electron chi connectivity index (χ2n) is 8.24. The number of imide groups is 1. The molecule has 7 nitrogen and oxygen atoms in total. The highest BCUT2D eigenvalue weighted by atomic mass is 35.5. The molecule has 0 radical (unpaired) electrons. The highest BCUT2D eigenvalue weighted by Crippen LogP contribution is 2.35. The van der Waals surface area contributed by atoms with Gasteiger partial charge in [0.15, 0.2) is 11.5 Å². The maximum absolute atomic E-state index is 12.9. The zero-order chi connectivity index (χ0) is 26.4. The number of ether oxygens (including phenoxy) is 2. The van der Waals surface area contributed by atoms with Gasteiger partial charge in [0.05, 0.1) is 11.5 Å². The van der Waals surface area contributed by atoms with Crippen molar-refractivity contribution >= 4 is 52.2 Å². The predicted molar refractivity (Wildman–Crippen MR) is 146 cm³/mol. The van der Waals surface area contributed by atoms with E-state index in [0.717, 1.165) is 27.8 Å². The molecular weight excluding hydrogens is 512 g/mol. The fourth-order valence-electron chi connectivity index (χ4n) is 3.51. The number of nitrogens with zero attached hydrogens (tertiary/aromatic N) is 1. The van der Waals surface area contributed by atoms with Gasteiger partial charge in [0.1, 0.15) is 13.2 Å². The summed E-state index contributed by atoms with van der Waals surface area (Å²) < 4.78 is 11.7. The molecule has 1 saturated heterocycles. The Bertz CT molecular complexity index is 1340. The molecule has 1 aliphatic heterocycles. The number of hydrogen-bond acceptors (Lipinski definition) is 6. The van der Waals surface area contributed by atoms with Crippen LogP contribution in [0.15, 0.2) is 71.6 Å². The third-order valence-electron chi connectivity index (χ3n) is 5.38. The first-order valence-corrected chi connectivity index (χ1v) is 12.8. The van der Waals surface area contributed by atoms with Gasteiger partial charge in [0, 0.05) is 10.7 Å². The summed E-state index contributed by atoms with van der Waals surface area (Å²) in [6.07, 6.45) is 1.61. The van der Waals surface area contributed by atoms with E-state index in [0.29, 0.717) is 41.0 Å². The van der Waals surface area contributed by atoms with Crippen LogP contribution in [0, 0.1) is 6.92 Å². The Hall–Kier alpha value is -3.75. The van der Waals surface area contributed by atoms with Gasteiger partial charge in [-0.3, -0.25) is 19.3 Å². The molecule has 4 rings (SSSR count). The second kappa shape index (κ2) is 12.0. The smallest absolute Gasteiger partial charge is 0.294 e. The first-order chi connectivity index (χ1) is 17.8. The van der Waals surface area contributed by atoms with Gasteiger partial charge >= 0.3 is 0 Å². The van der Waals surface area contributed by atoms with Crippen molar-refractivity contribution in [3.63, 3.8) is 0 Å². The van der Waals surface area contributed by atoms with E-state index in [9.17, 15) is 14.4 Å². The first-order valence-electron chi connectivity index (χ1n) is 11.6. The van der Waals surface area contributed by atoms with E-state index in [1.807, 2.05) is 38.1 Å². The third-order valence-corrected chi connectivity index (χ3v) is 6.54. The Kier molecular flexibility index (Phi) is 8.53. The fraction of sp³-hybridized carbons (Fsp3) is 0.179. The number of rotatable bonds is 9. The van der Waals surface area contributed by atoms with Crippen LogP contribution in [0.3, 0.4) is 0 Å². The van der Waals surface area contributed by atoms with Crippen molar-refractivity contribution in [1.82, 2.24) is 4.90 Å². The Labute approximate surface area is 224 Å². The average Bonchev–Trinajstić information content (AvgIpc) is 3.13. The van der Waals surface area contributed by atoms with E-state index in [2.05, 4.69) is 5.32 Å². The molecule has 0 atom stereocenters. The number of anilines is 1. The SMILES string of the molecule is CCOc1cc(/C=C2/SC(=O)N(CC(=O)Nc3ccc(C)cc3)C2=O)ccc1OCc1ccc(Cl)cc1. The molecule has 3 aromatic rings. The topological polar surface area (TPSA) is 84.9 Å². The lowest BCUT2D eigenvalue weighted by Crippen LogP contribution is -2.36. The monoisotopic (exact) mass is 536 g/mol. The minimum absolute atomic E-state index is 0.227. The van der Waals surface area contributed by atoms with E-state index < -0.39 is 17.1 Å². The minimum atomic E-state index is -0.518. The van der Waals surface area contributed by atoms with Crippen LogP contribution < -0.4 is 14.8 Å². The van der Waals surface area contributed by atoms with Gasteiger partial charge < -0.3 is 14.8 Å². The van der Waals surface area contributed by atoms with E-state index in [1.165, 1.54) is 0 Å². The largest absolute Gasteiger partial charge is 0.490 e. The summed E-state index contributed by atoms with van der Waals surface area (Å²) >= 11 is 6.73. The summed E-state index contributed by atoms with van der Waals surface area (Å²) in [6.45, 7) is 4.20. The first kappa shape index (κ1) is 26.3. The number of carbonyl (C=O) groups is 3. The number of aryl methyl sites for hydroxylation is 1. The fourth-order valence-corrected chi connectivity index (χ4v) is 4.48. The number of carbonyl (C=O) groups excluding carboxylic acids is 3. The van der Waals surface area contributed by atoms with Crippen molar-refractivity contribution in [2.75, 3.05) is 18.5 Å². The maximum Gasteiger partial charge on any atom is 0.294 e. The lowest BCUT2D eigenvalue weighted by molar-refractivity contribution is -0.127. The number of amides is 3. The predicted octanol–water partition coefficient (Wildman–Crippen LogP) is 6.30. The van der Waals surface area contributed by atoms with E-state index in [1.54, 1.807) is 48.5 Å². The standard InChI is InChI=1S/C28H25ClN2O5S/c1-3-35-24-14-20(8-13-23(24)36-17-19-6-9-21(29)10-7-19)15-25-27(33)31(28(34)37-25)16-26(32)30-22-11-4-18(2)5-12-22/h4-15H,3,16-17H2,1-2H3,(H,30,32)/b25-15+. The molecule has 0 aliphatic carbocycles. The van der Waals surface area contributed by atoms with Crippen molar-refractivity contribution in [1.29, 1.82) is 0 Å². The van der Waals surface area contributed by atoms with Gasteiger partial charge in [-0.1, -0.05) is 47.5 Å².